The van der Waals surface area contributed by atoms with Crippen LogP contribution in [-0.4, -0.2) is 56.2 Å². The van der Waals surface area contributed by atoms with Crippen molar-refractivity contribution in [3.05, 3.63) is 29.8 Å². The van der Waals surface area contributed by atoms with Crippen molar-refractivity contribution in [2.24, 2.45) is 5.92 Å². The van der Waals surface area contributed by atoms with Crippen molar-refractivity contribution in [1.29, 1.82) is 5.26 Å². The molecule has 2 rings (SSSR count). The Kier molecular flexibility index (Phi) is 3.94. The number of aliphatic hydroxyl groups excluding tert-OH is 4. The van der Waals surface area contributed by atoms with Crippen molar-refractivity contribution in [1.82, 2.24) is 0 Å². The Morgan fingerprint density at radius 3 is 2.40 bits per heavy atom. The Labute approximate surface area is 114 Å². The zero-order chi connectivity index (χ0) is 14.9. The third kappa shape index (κ3) is 2.14. The largest absolute Gasteiger partial charge is 0.462 e. The molecule has 0 heterocycles. The van der Waals surface area contributed by atoms with E-state index in [9.17, 15) is 20.4 Å². The number of rotatable bonds is 4. The van der Waals surface area contributed by atoms with E-state index in [-0.39, 0.29) is 5.75 Å². The Bertz CT molecular complexity index is 513. The number of benzene rings is 1. The molecule has 7 heteroatoms. The molecule has 0 radical (unpaired) electrons. The average Bonchev–Trinajstić information content (AvgIpc) is 2.47. The molecule has 0 spiro atoms. The minimum absolute atomic E-state index is 0.176. The highest BCUT2D eigenvalue weighted by Gasteiger charge is 2.65. The number of hydrogen-bond donors (Lipinski definition) is 5. The van der Waals surface area contributed by atoms with Gasteiger partial charge in [-0.3, -0.25) is 0 Å². The Morgan fingerprint density at radius 2 is 1.90 bits per heavy atom. The first-order chi connectivity index (χ1) is 9.44. The van der Waals surface area contributed by atoms with Crippen molar-refractivity contribution in [3.63, 3.8) is 0 Å². The molecule has 108 valence electrons. The Hall–Kier alpha value is -1.69. The van der Waals surface area contributed by atoms with Gasteiger partial charge < -0.3 is 30.3 Å². The molecule has 1 aromatic rings. The molecule has 1 aromatic carbocycles. The number of ether oxygens (including phenoxy) is 1. The molecule has 0 bridgehead atoms. The normalized spacial score (nSPS) is 33.9. The monoisotopic (exact) mass is 281 g/mol. The van der Waals surface area contributed by atoms with Crippen LogP contribution in [0.5, 0.6) is 5.75 Å². The molecule has 7 nitrogen and oxygen atoms in total. The molecule has 1 saturated carbocycles. The quantitative estimate of drug-likeness (QED) is 0.416. The van der Waals surface area contributed by atoms with Crippen LogP contribution in [0.25, 0.3) is 0 Å². The lowest BCUT2D eigenvalue weighted by Crippen LogP contribution is -2.76. The molecule has 5 N–H and O–H groups in total. The van der Waals surface area contributed by atoms with Crippen LogP contribution >= 0.6 is 0 Å². The molecular formula is C13H15NO6. The second-order valence-electron chi connectivity index (χ2n) is 4.72. The highest BCUT2D eigenvalue weighted by atomic mass is 16.6. The van der Waals surface area contributed by atoms with E-state index in [4.69, 9.17) is 15.1 Å². The van der Waals surface area contributed by atoms with Crippen LogP contribution in [0.15, 0.2) is 24.3 Å². The average molecular weight is 281 g/mol. The molecule has 0 aromatic heterocycles. The summed E-state index contributed by atoms with van der Waals surface area (Å²) in [6, 6.07) is 7.67. The van der Waals surface area contributed by atoms with Gasteiger partial charge in [0.15, 0.2) is 5.60 Å². The highest BCUT2D eigenvalue weighted by Crippen LogP contribution is 2.42. The molecule has 5 unspecified atom stereocenters. The number of nitriles is 1. The van der Waals surface area contributed by atoms with Gasteiger partial charge in [0.25, 0.3) is 0 Å². The van der Waals surface area contributed by atoms with Gasteiger partial charge in [0.05, 0.1) is 24.3 Å². The summed E-state index contributed by atoms with van der Waals surface area (Å²) in [6.07, 6.45) is -4.77. The molecule has 1 aliphatic rings. The van der Waals surface area contributed by atoms with E-state index >= 15 is 0 Å². The Morgan fingerprint density at radius 1 is 1.30 bits per heavy atom. The molecule has 20 heavy (non-hydrogen) atoms. The van der Waals surface area contributed by atoms with E-state index in [1.54, 1.807) is 0 Å². The second-order valence-corrected chi connectivity index (χ2v) is 4.72. The highest BCUT2D eigenvalue weighted by molar-refractivity contribution is 5.34. The van der Waals surface area contributed by atoms with Crippen LogP contribution < -0.4 is 4.74 Å². The summed E-state index contributed by atoms with van der Waals surface area (Å²) in [5.74, 6) is -0.930. The maximum Gasteiger partial charge on any atom is 0.229 e. The fourth-order valence-corrected chi connectivity index (χ4v) is 2.28. The van der Waals surface area contributed by atoms with Crippen molar-refractivity contribution in [2.45, 2.75) is 24.1 Å². The van der Waals surface area contributed by atoms with E-state index in [0.717, 1.165) is 0 Å². The molecule has 0 aliphatic heterocycles. The summed E-state index contributed by atoms with van der Waals surface area (Å²) in [7, 11) is 0. The van der Waals surface area contributed by atoms with Crippen molar-refractivity contribution in [3.8, 4) is 11.8 Å². The maximum atomic E-state index is 10.1. The van der Waals surface area contributed by atoms with Crippen molar-refractivity contribution < 1.29 is 30.3 Å². The first kappa shape index (κ1) is 14.7. The van der Waals surface area contributed by atoms with Gasteiger partial charge in [0, 0.05) is 5.92 Å². The van der Waals surface area contributed by atoms with Crippen LogP contribution in [0.3, 0.4) is 0 Å². The van der Waals surface area contributed by atoms with Gasteiger partial charge in [-0.2, -0.15) is 5.26 Å². The minimum atomic E-state index is -2.15. The van der Waals surface area contributed by atoms with E-state index in [2.05, 4.69) is 0 Å². The maximum absolute atomic E-state index is 10.1. The molecule has 5 atom stereocenters. The summed E-state index contributed by atoms with van der Waals surface area (Å²) in [4.78, 5) is 0. The number of nitrogens with zero attached hydrogens (tertiary/aromatic N) is 1. The van der Waals surface area contributed by atoms with Gasteiger partial charge in [0.2, 0.25) is 6.29 Å². The summed E-state index contributed by atoms with van der Waals surface area (Å²) in [6.45, 7) is -0.609. The van der Waals surface area contributed by atoms with Gasteiger partial charge in [-0.25, -0.2) is 0 Å². The van der Waals surface area contributed by atoms with Crippen LogP contribution in [-0.2, 0) is 0 Å². The van der Waals surface area contributed by atoms with E-state index < -0.39 is 36.6 Å². The third-order valence-corrected chi connectivity index (χ3v) is 3.63. The Balaban J connectivity index is 2.11. The summed E-state index contributed by atoms with van der Waals surface area (Å²) in [5.41, 5.74) is -1.75. The zero-order valence-corrected chi connectivity index (χ0v) is 10.4. The van der Waals surface area contributed by atoms with Gasteiger partial charge >= 0.3 is 0 Å². The van der Waals surface area contributed by atoms with Crippen LogP contribution in [0.1, 0.15) is 5.56 Å². The number of hydrogen-bond acceptors (Lipinski definition) is 7. The number of aliphatic hydroxyl groups is 5. The summed E-state index contributed by atoms with van der Waals surface area (Å²) < 4.78 is 5.09. The van der Waals surface area contributed by atoms with E-state index in [0.29, 0.717) is 5.56 Å². The first-order valence-corrected chi connectivity index (χ1v) is 5.99. The SMILES string of the molecule is N#Cc1ccc(OC(O)C2(O)C(O)C(O)C2CO)cc1. The molecule has 1 fully saturated rings. The molecule has 1 aliphatic carbocycles. The predicted molar refractivity (Wildman–Crippen MR) is 65.3 cm³/mol. The standard InChI is InChI=1S/C13H15NO6/c14-5-7-1-3-8(4-2-7)20-12(18)13(19)9(6-15)10(16)11(13)17/h1-4,9-12,15-19H,6H2. The predicted octanol–water partition coefficient (Wildman–Crippen LogP) is -1.67. The molecular weight excluding hydrogens is 266 g/mol. The fraction of sp³-hybridized carbons (Fsp3) is 0.462. The van der Waals surface area contributed by atoms with Gasteiger partial charge in [0.1, 0.15) is 11.9 Å². The van der Waals surface area contributed by atoms with Gasteiger partial charge in [-0.05, 0) is 24.3 Å². The molecule has 0 amide bonds. The lowest BCUT2D eigenvalue weighted by molar-refractivity contribution is -0.332. The van der Waals surface area contributed by atoms with Crippen LogP contribution in [0, 0.1) is 17.2 Å². The van der Waals surface area contributed by atoms with E-state index in [1.807, 2.05) is 6.07 Å². The van der Waals surface area contributed by atoms with Gasteiger partial charge in [-0.1, -0.05) is 0 Å². The van der Waals surface area contributed by atoms with Crippen LogP contribution in [0.4, 0.5) is 0 Å². The topological polar surface area (TPSA) is 134 Å². The zero-order valence-electron chi connectivity index (χ0n) is 10.4. The lowest BCUT2D eigenvalue weighted by atomic mass is 9.64. The smallest absolute Gasteiger partial charge is 0.229 e. The minimum Gasteiger partial charge on any atom is -0.462 e. The molecule has 0 saturated heterocycles. The van der Waals surface area contributed by atoms with E-state index in [1.165, 1.54) is 24.3 Å². The lowest BCUT2D eigenvalue weighted by Gasteiger charge is -2.53. The summed E-state index contributed by atoms with van der Waals surface area (Å²) in [5, 5.41) is 56.7. The van der Waals surface area contributed by atoms with Crippen molar-refractivity contribution in [2.75, 3.05) is 6.61 Å². The third-order valence-electron chi connectivity index (χ3n) is 3.63. The fourth-order valence-electron chi connectivity index (χ4n) is 2.28. The second kappa shape index (κ2) is 5.36. The first-order valence-electron chi connectivity index (χ1n) is 5.99. The van der Waals surface area contributed by atoms with Crippen molar-refractivity contribution >= 4 is 0 Å². The van der Waals surface area contributed by atoms with Crippen LogP contribution in [0.2, 0.25) is 0 Å². The van der Waals surface area contributed by atoms with Gasteiger partial charge in [-0.15, -0.1) is 0 Å². The summed E-state index contributed by atoms with van der Waals surface area (Å²) >= 11 is 0.